The summed E-state index contributed by atoms with van der Waals surface area (Å²) in [5, 5.41) is 8.66. The smallest absolute Gasteiger partial charge is 0.259 e. The van der Waals surface area contributed by atoms with Crippen molar-refractivity contribution in [3.63, 3.8) is 0 Å². The first-order chi connectivity index (χ1) is 68.2. The molecular weight excluding hydrogens is 1760 g/mol. The lowest BCUT2D eigenvalue weighted by Crippen LogP contribution is -2.44. The molecular formula is C131H19BrN4OS. The van der Waals surface area contributed by atoms with Crippen molar-refractivity contribution < 1.29 is 4.79 Å². The van der Waals surface area contributed by atoms with Crippen molar-refractivity contribution in [3.05, 3.63) is 63.9 Å². The summed E-state index contributed by atoms with van der Waals surface area (Å²) < 4.78 is 0.641. The van der Waals surface area contributed by atoms with Crippen molar-refractivity contribution >= 4 is 56.2 Å². The molecule has 0 bridgehead atoms. The van der Waals surface area contributed by atoms with Crippen LogP contribution < -0.4 is 9.80 Å². The van der Waals surface area contributed by atoms with Gasteiger partial charge in [0.25, 0.3) is 5.91 Å². The molecule has 0 atom stereocenters. The molecule has 7 heteroatoms. The summed E-state index contributed by atoms with van der Waals surface area (Å²) >= 11 is 9.03. The molecule has 0 N–H and O–H groups in total. The van der Waals surface area contributed by atoms with Gasteiger partial charge >= 0.3 is 0 Å². The summed E-state index contributed by atoms with van der Waals surface area (Å²) in [6.45, 7) is 14.6. The fourth-order valence-electron chi connectivity index (χ4n) is 6.31. The number of rotatable bonds is 2. The minimum absolute atomic E-state index is 0.0967. The lowest BCUT2D eigenvalue weighted by molar-refractivity contribution is -0.120. The molecule has 0 spiro atoms. The van der Waals surface area contributed by atoms with Crippen LogP contribution in [-0.4, -0.2) is 16.6 Å². The molecule has 582 valence electrons. The molecule has 0 radical (unpaired) electrons. The Balaban J connectivity index is 0.00000219. The normalized spacial score (nSPS) is 6.20. The van der Waals surface area contributed by atoms with Gasteiger partial charge in [0.15, 0.2) is 11.2 Å². The fourth-order valence-corrected chi connectivity index (χ4v) is 7.29. The van der Waals surface area contributed by atoms with E-state index in [0.29, 0.717) is 21.0 Å². The van der Waals surface area contributed by atoms with E-state index in [1.165, 1.54) is 4.90 Å². The Labute approximate surface area is 824 Å². The molecule has 1 amide bonds. The maximum absolute atomic E-state index is 13.1. The second-order valence-corrected chi connectivity index (χ2v) is 21.6. The van der Waals surface area contributed by atoms with Crippen LogP contribution in [0.4, 0.5) is 17.1 Å². The molecule has 0 saturated carbocycles. The Kier molecular flexibility index (Phi) is 65.0. The molecule has 1 heterocycles. The maximum Gasteiger partial charge on any atom is 0.259 e. The van der Waals surface area contributed by atoms with Crippen LogP contribution in [0.1, 0.15) is 26.3 Å². The van der Waals surface area contributed by atoms with Crippen molar-refractivity contribution in [1.29, 1.82) is 5.26 Å². The summed E-state index contributed by atoms with van der Waals surface area (Å²) in [5.74, 6) is 274. The Hall–Kier alpha value is -26.9. The van der Waals surface area contributed by atoms with Gasteiger partial charge in [-0.3, -0.25) is 9.69 Å². The van der Waals surface area contributed by atoms with Crippen molar-refractivity contribution in [3.8, 4) is 657 Å². The highest BCUT2D eigenvalue weighted by Gasteiger charge is 2.50. The first-order valence-corrected chi connectivity index (χ1v) is 37.1. The van der Waals surface area contributed by atoms with Gasteiger partial charge in [0, 0.05) is 614 Å². The van der Waals surface area contributed by atoms with Crippen molar-refractivity contribution in [2.75, 3.05) is 9.80 Å². The van der Waals surface area contributed by atoms with Crippen LogP contribution in [0.2, 0.25) is 0 Å². The number of nitriles is 1. The zero-order chi connectivity index (χ0) is 98.8. The van der Waals surface area contributed by atoms with E-state index in [2.05, 4.69) is 672 Å². The van der Waals surface area contributed by atoms with Crippen LogP contribution >= 0.6 is 28.1 Å². The predicted octanol–water partition coefficient (Wildman–Crippen LogP) is 5.94. The second kappa shape index (κ2) is 83.7. The third-order valence-electron chi connectivity index (χ3n) is 11.2. The number of aryl methyl sites for hydroxylation is 1. The number of nitrogens with zero attached hydrogens (tertiary/aromatic N) is 4. The summed E-state index contributed by atoms with van der Waals surface area (Å²) in [6.07, 6.45) is 0. The van der Waals surface area contributed by atoms with E-state index in [4.69, 9.17) is 24.1 Å². The number of anilines is 2. The second-order valence-electron chi connectivity index (χ2n) is 20.4. The molecule has 1 aliphatic heterocycles. The molecule has 2 aromatic rings. The molecule has 3 rings (SSSR count). The van der Waals surface area contributed by atoms with E-state index in [-0.39, 0.29) is 5.91 Å². The number of hydrogen-bond donors (Lipinski definition) is 0. The monoisotopic (exact) mass is 1770 g/mol. The van der Waals surface area contributed by atoms with Gasteiger partial charge in [-0.15, -0.1) is 0 Å². The Morgan fingerprint density at radius 3 is 0.536 bits per heavy atom. The van der Waals surface area contributed by atoms with E-state index in [9.17, 15) is 4.79 Å². The van der Waals surface area contributed by atoms with Gasteiger partial charge < -0.3 is 4.90 Å². The van der Waals surface area contributed by atoms with Crippen LogP contribution in [0.25, 0.3) is 4.85 Å². The molecule has 1 aliphatic rings. The van der Waals surface area contributed by atoms with Gasteiger partial charge in [-0.25, -0.2) is 4.85 Å². The Morgan fingerprint density at radius 1 is 0.254 bits per heavy atom. The number of benzene rings is 2. The van der Waals surface area contributed by atoms with E-state index in [1.54, 1.807) is 31.2 Å². The predicted molar refractivity (Wildman–Crippen MR) is 547 cm³/mol. The summed E-state index contributed by atoms with van der Waals surface area (Å²) in [5.41, 5.74) is 2.38. The van der Waals surface area contributed by atoms with Crippen LogP contribution in [0, 0.1) is 676 Å². The number of carbonyl (C=O) groups is 1. The maximum atomic E-state index is 13.1. The molecule has 0 unspecified atom stereocenters. The Bertz CT molecular complexity index is 9580. The number of thiocarbonyl (C=S) groups is 1. The first-order valence-electron chi connectivity index (χ1n) is 35.9. The van der Waals surface area contributed by atoms with E-state index in [0.717, 1.165) is 11.3 Å². The number of hydrogen-bond acceptors (Lipinski definition) is 3. The average Bonchev–Trinajstić information content (AvgIpc) is 1.59. The highest BCUT2D eigenvalue weighted by atomic mass is 79.9. The SMILES string of the molecule is CC#CC#CC#CC#CC#CC#CC#CC#CC#CC#CC#CC#CC#CC#CC#CC#CC#CC#CC#CC#CC#CC#CC#CC#CC#CC#CC#CC#CC#CC#CC#CC#CC#CC#CC#CC#CC#CC#CC#CC#CC#CC#CC#CC#CC#CC#CC#CC#CC#CC#CC#CC#CC#CC#CC#CC#N.[C-]#[N+]c1ccc(N2C(=O)C(C)(C)N(c3ccc(C)cc3)C2=S)cc1Br. The molecule has 1 saturated heterocycles. The number of amides is 1. The number of carbonyl (C=O) groups excluding carboxylic acids is 1. The quantitative estimate of drug-likeness (QED) is 0.213. The Morgan fingerprint density at radius 2 is 0.399 bits per heavy atom. The van der Waals surface area contributed by atoms with Crippen LogP contribution in [0.5, 0.6) is 0 Å². The summed E-state index contributed by atoms with van der Waals surface area (Å²) in [7, 11) is 0. The van der Waals surface area contributed by atoms with Crippen molar-refractivity contribution in [1.82, 2.24) is 0 Å². The fraction of sp³-hybridized carbons (Fsp3) is 0.0382. The molecule has 0 aromatic heterocycles. The highest BCUT2D eigenvalue weighted by molar-refractivity contribution is 9.10. The van der Waals surface area contributed by atoms with Crippen LogP contribution in [0.15, 0.2) is 46.9 Å². The standard InChI is InChI=1S/C112H3N.C19H16BrN3OS/c1-2-3-4-5-6-7-8-9-10-11-12-13-14-15-16-17-18-19-20-21-22-23-24-25-26-27-28-29-30-31-32-33-34-35-36-37-38-39-40-41-42-43-44-45-46-47-48-49-50-51-52-53-54-55-56-57-58-59-60-61-62-63-64-65-66-67-68-69-70-71-72-73-74-75-76-77-78-79-80-81-82-83-84-85-86-87-88-89-90-91-92-93-94-95-96-97-98-99-100-101-102-103-104-105-106-107-108-109-110-111-112-113;1-12-5-7-13(8-6-12)23-18(25)22(17(24)19(23,2)3)14-9-10-16(21-4)15(20)11-14/h1H3;5-11H,1-3H3. The zero-order valence-corrected chi connectivity index (χ0v) is 73.4. The van der Waals surface area contributed by atoms with Gasteiger partial charge in [-0.2, -0.15) is 5.26 Å². The lowest BCUT2D eigenvalue weighted by Gasteiger charge is -2.29. The van der Waals surface area contributed by atoms with Gasteiger partial charge in [0.2, 0.25) is 5.69 Å². The third-order valence-corrected chi connectivity index (χ3v) is 12.2. The van der Waals surface area contributed by atoms with Crippen LogP contribution in [-0.2, 0) is 4.79 Å². The largest absolute Gasteiger partial charge is 0.304 e. The zero-order valence-electron chi connectivity index (χ0n) is 71.0. The van der Waals surface area contributed by atoms with Gasteiger partial charge in [0.1, 0.15) is 5.54 Å². The average molecular weight is 1780 g/mol. The van der Waals surface area contributed by atoms with E-state index < -0.39 is 5.54 Å². The molecule has 5 nitrogen and oxygen atoms in total. The van der Waals surface area contributed by atoms with E-state index in [1.807, 2.05) is 49.9 Å². The van der Waals surface area contributed by atoms with E-state index >= 15 is 0 Å². The molecule has 138 heavy (non-hydrogen) atoms. The third kappa shape index (κ3) is 64.9. The molecule has 2 aromatic carbocycles. The molecule has 1 fully saturated rings. The number of halogens is 1. The van der Waals surface area contributed by atoms with Crippen molar-refractivity contribution in [2.45, 2.75) is 33.2 Å². The van der Waals surface area contributed by atoms with Gasteiger partial charge in [-0.05, 0) is 112 Å². The van der Waals surface area contributed by atoms with Crippen LogP contribution in [0.3, 0.4) is 0 Å². The summed E-state index contributed by atoms with van der Waals surface area (Å²) in [6, 6.07) is 14.8. The van der Waals surface area contributed by atoms with Gasteiger partial charge in [-0.1, -0.05) is 45.6 Å². The van der Waals surface area contributed by atoms with Crippen molar-refractivity contribution in [2.24, 2.45) is 0 Å². The minimum atomic E-state index is -0.794. The highest BCUT2D eigenvalue weighted by Crippen LogP contribution is 2.38. The minimum Gasteiger partial charge on any atom is -0.304 e. The first kappa shape index (κ1) is 107. The topological polar surface area (TPSA) is 51.7 Å². The lowest BCUT2D eigenvalue weighted by atomic mass is 10.0. The van der Waals surface area contributed by atoms with Gasteiger partial charge in [0.05, 0.1) is 6.57 Å². The molecule has 0 aliphatic carbocycles. The summed E-state index contributed by atoms with van der Waals surface area (Å²) in [4.78, 5) is 19.9.